The zero-order valence-electron chi connectivity index (χ0n) is 9.69. The van der Waals surface area contributed by atoms with Crippen molar-refractivity contribution >= 4 is 5.91 Å². The van der Waals surface area contributed by atoms with Crippen molar-refractivity contribution in [1.82, 2.24) is 4.90 Å². The summed E-state index contributed by atoms with van der Waals surface area (Å²) in [6.45, 7) is 4.33. The Morgan fingerprint density at radius 3 is 2.75 bits per heavy atom. The molecule has 0 radical (unpaired) electrons. The van der Waals surface area contributed by atoms with Gasteiger partial charge in [-0.05, 0) is 25.7 Å². The van der Waals surface area contributed by atoms with E-state index in [1.54, 1.807) is 0 Å². The summed E-state index contributed by atoms with van der Waals surface area (Å²) >= 11 is 0. The number of nitriles is 1. The molecule has 0 aromatic rings. The lowest BCUT2D eigenvalue weighted by Crippen LogP contribution is -2.41. The average molecular weight is 222 g/mol. The van der Waals surface area contributed by atoms with Crippen LogP contribution in [0.25, 0.3) is 0 Å². The number of ether oxygens (including phenoxy) is 1. The number of nitrogens with zero attached hydrogens (tertiary/aromatic N) is 2. The number of hydrogen-bond donors (Lipinski definition) is 0. The topological polar surface area (TPSA) is 53.3 Å². The maximum atomic E-state index is 11.8. The third-order valence-corrected chi connectivity index (χ3v) is 3.78. The van der Waals surface area contributed by atoms with Crippen LogP contribution >= 0.6 is 0 Å². The molecule has 2 saturated heterocycles. The first kappa shape index (κ1) is 11.4. The highest BCUT2D eigenvalue weighted by Gasteiger charge is 2.35. The Balaban J connectivity index is 1.96. The number of hydrogen-bond acceptors (Lipinski definition) is 3. The Labute approximate surface area is 96.2 Å². The molecule has 0 N–H and O–H groups in total. The molecule has 0 spiro atoms. The van der Waals surface area contributed by atoms with Crippen LogP contribution in [0.3, 0.4) is 0 Å². The van der Waals surface area contributed by atoms with Crippen LogP contribution in [-0.2, 0) is 9.53 Å². The highest BCUT2D eigenvalue weighted by molar-refractivity contribution is 5.79. The molecule has 4 heteroatoms. The molecule has 1 amide bonds. The minimum Gasteiger partial charge on any atom is -0.381 e. The lowest BCUT2D eigenvalue weighted by molar-refractivity contribution is -0.131. The van der Waals surface area contributed by atoms with Crippen molar-refractivity contribution in [2.75, 3.05) is 19.8 Å². The lowest BCUT2D eigenvalue weighted by atomic mass is 9.92. The summed E-state index contributed by atoms with van der Waals surface area (Å²) in [4.78, 5) is 13.7. The first-order valence-corrected chi connectivity index (χ1v) is 5.99. The van der Waals surface area contributed by atoms with Crippen LogP contribution in [0.1, 0.15) is 26.2 Å². The van der Waals surface area contributed by atoms with Crippen molar-refractivity contribution in [1.29, 1.82) is 5.26 Å². The maximum absolute atomic E-state index is 11.8. The second kappa shape index (κ2) is 4.84. The second-order valence-corrected chi connectivity index (χ2v) is 4.77. The van der Waals surface area contributed by atoms with Crippen LogP contribution in [0.2, 0.25) is 0 Å². The normalized spacial score (nSPS) is 29.1. The molecule has 2 aliphatic heterocycles. The first-order valence-electron chi connectivity index (χ1n) is 5.99. The molecule has 2 aliphatic rings. The molecule has 0 bridgehead atoms. The zero-order valence-corrected chi connectivity index (χ0v) is 9.69. The minimum absolute atomic E-state index is 0.102. The molecule has 2 fully saturated rings. The minimum atomic E-state index is -0.102. The molecular formula is C12H18N2O2. The van der Waals surface area contributed by atoms with E-state index in [0.29, 0.717) is 18.9 Å². The summed E-state index contributed by atoms with van der Waals surface area (Å²) in [5.74, 6) is 0.579. The lowest BCUT2D eigenvalue weighted by Gasteiger charge is -2.34. The van der Waals surface area contributed by atoms with E-state index in [4.69, 9.17) is 10.00 Å². The van der Waals surface area contributed by atoms with Gasteiger partial charge < -0.3 is 9.64 Å². The zero-order chi connectivity index (χ0) is 11.5. The molecule has 0 aromatic heterocycles. The number of rotatable bonds is 2. The molecular weight excluding hydrogens is 204 g/mol. The quantitative estimate of drug-likeness (QED) is 0.704. The van der Waals surface area contributed by atoms with Gasteiger partial charge in [0.2, 0.25) is 5.91 Å². The van der Waals surface area contributed by atoms with Gasteiger partial charge in [0.1, 0.15) is 0 Å². The monoisotopic (exact) mass is 222 g/mol. The summed E-state index contributed by atoms with van der Waals surface area (Å²) in [5.41, 5.74) is 0. The molecule has 2 rings (SSSR count). The Bertz CT molecular complexity index is 305. The largest absolute Gasteiger partial charge is 0.381 e. The van der Waals surface area contributed by atoms with Gasteiger partial charge in [-0.25, -0.2) is 0 Å². The van der Waals surface area contributed by atoms with Crippen LogP contribution in [-0.4, -0.2) is 36.6 Å². The van der Waals surface area contributed by atoms with Gasteiger partial charge in [0.25, 0.3) is 0 Å². The van der Waals surface area contributed by atoms with E-state index < -0.39 is 0 Å². The fraction of sp³-hybridized carbons (Fsp3) is 0.833. The van der Waals surface area contributed by atoms with E-state index in [-0.39, 0.29) is 17.9 Å². The van der Waals surface area contributed by atoms with E-state index >= 15 is 0 Å². The molecule has 2 atom stereocenters. The summed E-state index contributed by atoms with van der Waals surface area (Å²) < 4.78 is 5.33. The summed E-state index contributed by atoms with van der Waals surface area (Å²) in [6.07, 6.45) is 2.47. The van der Waals surface area contributed by atoms with Gasteiger partial charge in [-0.15, -0.1) is 0 Å². The van der Waals surface area contributed by atoms with E-state index in [9.17, 15) is 4.79 Å². The van der Waals surface area contributed by atoms with Gasteiger partial charge in [0.05, 0.1) is 12.0 Å². The van der Waals surface area contributed by atoms with Crippen LogP contribution in [0.15, 0.2) is 0 Å². The van der Waals surface area contributed by atoms with Crippen LogP contribution in [0, 0.1) is 23.2 Å². The number of carbonyl (C=O) groups is 1. The molecule has 0 aromatic carbocycles. The highest BCUT2D eigenvalue weighted by atomic mass is 16.5. The number of carbonyl (C=O) groups excluding carboxylic acids is 1. The predicted octanol–water partition coefficient (Wildman–Crippen LogP) is 1.17. The summed E-state index contributed by atoms with van der Waals surface area (Å²) in [7, 11) is 0. The summed E-state index contributed by atoms with van der Waals surface area (Å²) in [5, 5.41) is 8.84. The van der Waals surface area contributed by atoms with E-state index in [0.717, 1.165) is 26.1 Å². The number of amides is 1. The smallest absolute Gasteiger partial charge is 0.224 e. The van der Waals surface area contributed by atoms with Gasteiger partial charge in [-0.2, -0.15) is 5.26 Å². The van der Waals surface area contributed by atoms with Crippen molar-refractivity contribution in [3.63, 3.8) is 0 Å². The third kappa shape index (κ3) is 2.19. The Morgan fingerprint density at radius 1 is 1.50 bits per heavy atom. The highest BCUT2D eigenvalue weighted by Crippen LogP contribution is 2.27. The van der Waals surface area contributed by atoms with Crippen molar-refractivity contribution in [3.05, 3.63) is 0 Å². The van der Waals surface area contributed by atoms with Gasteiger partial charge in [0, 0.05) is 32.2 Å². The third-order valence-electron chi connectivity index (χ3n) is 3.78. The van der Waals surface area contributed by atoms with Crippen molar-refractivity contribution in [2.24, 2.45) is 11.8 Å². The molecule has 2 heterocycles. The average Bonchev–Trinajstić information content (AvgIpc) is 2.71. The van der Waals surface area contributed by atoms with E-state index in [1.165, 1.54) is 0 Å². The Morgan fingerprint density at radius 2 is 2.19 bits per heavy atom. The Hall–Kier alpha value is -1.08. The Kier molecular flexibility index (Phi) is 3.45. The maximum Gasteiger partial charge on any atom is 0.224 e. The van der Waals surface area contributed by atoms with Gasteiger partial charge >= 0.3 is 0 Å². The molecule has 0 aliphatic carbocycles. The van der Waals surface area contributed by atoms with E-state index in [2.05, 4.69) is 13.0 Å². The van der Waals surface area contributed by atoms with E-state index in [1.807, 2.05) is 4.90 Å². The molecule has 0 saturated carbocycles. The standard InChI is InChI=1S/C12H18N2O2/c1-9(11-2-4-16-5-3-11)14-8-10(7-13)6-12(14)15/h9-11H,2-6,8H2,1H3. The van der Waals surface area contributed by atoms with Crippen LogP contribution in [0.5, 0.6) is 0 Å². The van der Waals surface area contributed by atoms with Gasteiger partial charge in [-0.1, -0.05) is 0 Å². The SMILES string of the molecule is CC(C1CCOCC1)N1CC(C#N)CC1=O. The fourth-order valence-corrected chi connectivity index (χ4v) is 2.66. The number of likely N-dealkylation sites (tertiary alicyclic amines) is 1. The fourth-order valence-electron chi connectivity index (χ4n) is 2.66. The van der Waals surface area contributed by atoms with Crippen LogP contribution in [0.4, 0.5) is 0 Å². The van der Waals surface area contributed by atoms with Crippen molar-refractivity contribution in [3.8, 4) is 6.07 Å². The van der Waals surface area contributed by atoms with Crippen molar-refractivity contribution in [2.45, 2.75) is 32.2 Å². The molecule has 4 nitrogen and oxygen atoms in total. The molecule has 16 heavy (non-hydrogen) atoms. The summed E-state index contributed by atoms with van der Waals surface area (Å²) in [6, 6.07) is 2.45. The molecule has 88 valence electrons. The first-order chi connectivity index (χ1) is 7.72. The predicted molar refractivity (Wildman–Crippen MR) is 58.4 cm³/mol. The van der Waals surface area contributed by atoms with Crippen molar-refractivity contribution < 1.29 is 9.53 Å². The second-order valence-electron chi connectivity index (χ2n) is 4.77. The van der Waals surface area contributed by atoms with Gasteiger partial charge in [0.15, 0.2) is 0 Å². The van der Waals surface area contributed by atoms with Gasteiger partial charge in [-0.3, -0.25) is 4.79 Å². The molecule has 2 unspecified atom stereocenters. The van der Waals surface area contributed by atoms with Crippen LogP contribution < -0.4 is 0 Å².